The summed E-state index contributed by atoms with van der Waals surface area (Å²) in [6.45, 7) is 2.57. The number of halogens is 3. The van der Waals surface area contributed by atoms with Crippen LogP contribution >= 0.6 is 0 Å². The number of aliphatic hydroxyl groups is 1. The molecule has 0 aliphatic heterocycles. The Kier molecular flexibility index (Phi) is 2.30. The summed E-state index contributed by atoms with van der Waals surface area (Å²) in [5.74, 6) is -2.39. The molecule has 0 spiro atoms. The van der Waals surface area contributed by atoms with Crippen molar-refractivity contribution in [2.24, 2.45) is 0 Å². The number of rotatable bonds is 2. The lowest BCUT2D eigenvalue weighted by Crippen LogP contribution is -2.50. The van der Waals surface area contributed by atoms with Crippen LogP contribution in [-0.2, 0) is 4.79 Å². The second kappa shape index (κ2) is 2.54. The first-order chi connectivity index (χ1) is 4.75. The predicted octanol–water partition coefficient (Wildman–Crippen LogP) is 0.550. The molecule has 0 aliphatic carbocycles. The van der Waals surface area contributed by atoms with Crippen LogP contribution in [0.5, 0.6) is 0 Å². The molecule has 0 unspecified atom stereocenters. The Hall–Kier alpha value is -1.04. The van der Waals surface area contributed by atoms with Crippen LogP contribution in [0.4, 0.5) is 13.2 Å². The summed E-state index contributed by atoms with van der Waals surface area (Å²) in [4.78, 5) is 9.86. The summed E-state index contributed by atoms with van der Waals surface area (Å²) in [6.07, 6.45) is -5.31. The van der Waals surface area contributed by atoms with E-state index in [-0.39, 0.29) is 6.08 Å². The van der Waals surface area contributed by atoms with Gasteiger partial charge in [0.15, 0.2) is 0 Å². The number of carbonyl (C=O) groups is 1. The van der Waals surface area contributed by atoms with Crippen molar-refractivity contribution >= 4 is 5.97 Å². The highest BCUT2D eigenvalue weighted by atomic mass is 19.4. The smallest absolute Gasteiger partial charge is 0.431 e. The number of hydrogen-bond acceptors (Lipinski definition) is 2. The van der Waals surface area contributed by atoms with E-state index in [4.69, 9.17) is 10.2 Å². The lowest BCUT2D eigenvalue weighted by atomic mass is 10.1. The van der Waals surface area contributed by atoms with Crippen LogP contribution in [0, 0.1) is 0 Å². The molecule has 0 amide bonds. The fourth-order valence-electron chi connectivity index (χ4n) is 0.324. The van der Waals surface area contributed by atoms with Gasteiger partial charge in [0, 0.05) is 0 Å². The fourth-order valence-corrected chi connectivity index (χ4v) is 0.324. The predicted molar refractivity (Wildman–Crippen MR) is 28.8 cm³/mol. The first-order valence-corrected chi connectivity index (χ1v) is 2.42. The molecule has 0 aromatic rings. The van der Waals surface area contributed by atoms with Gasteiger partial charge in [0.05, 0.1) is 0 Å². The molecule has 0 rings (SSSR count). The van der Waals surface area contributed by atoms with Crippen LogP contribution in [0.3, 0.4) is 0 Å². The van der Waals surface area contributed by atoms with Crippen molar-refractivity contribution in [1.82, 2.24) is 0 Å². The van der Waals surface area contributed by atoms with Crippen molar-refractivity contribution in [3.63, 3.8) is 0 Å². The molecule has 0 saturated heterocycles. The highest BCUT2D eigenvalue weighted by molar-refractivity contribution is 5.80. The lowest BCUT2D eigenvalue weighted by molar-refractivity contribution is -0.243. The first kappa shape index (κ1) is 9.96. The van der Waals surface area contributed by atoms with Gasteiger partial charge in [0.1, 0.15) is 0 Å². The Labute approximate surface area is 59.8 Å². The van der Waals surface area contributed by atoms with E-state index >= 15 is 0 Å². The Morgan fingerprint density at radius 1 is 1.45 bits per heavy atom. The van der Waals surface area contributed by atoms with Gasteiger partial charge in [-0.05, 0) is 6.08 Å². The summed E-state index contributed by atoms with van der Waals surface area (Å²) in [5, 5.41) is 16.3. The molecule has 0 radical (unpaired) electrons. The molecule has 2 N–H and O–H groups in total. The van der Waals surface area contributed by atoms with Crippen LogP contribution in [0.1, 0.15) is 0 Å². The first-order valence-electron chi connectivity index (χ1n) is 2.42. The van der Waals surface area contributed by atoms with Crippen LogP contribution in [0.25, 0.3) is 0 Å². The normalized spacial score (nSPS) is 17.1. The summed E-state index contributed by atoms with van der Waals surface area (Å²) in [6, 6.07) is 0. The Morgan fingerprint density at radius 2 is 1.82 bits per heavy atom. The number of hydrogen-bond donors (Lipinski definition) is 2. The minimum absolute atomic E-state index is 0.0741. The molecule has 1 atom stereocenters. The number of alkyl halides is 3. The summed E-state index contributed by atoms with van der Waals surface area (Å²) in [7, 11) is 0. The third kappa shape index (κ3) is 1.51. The molecule has 6 heteroatoms. The maximum Gasteiger partial charge on any atom is 0.431 e. The van der Waals surface area contributed by atoms with Gasteiger partial charge in [-0.25, -0.2) is 4.79 Å². The maximum absolute atomic E-state index is 11.7. The summed E-state index contributed by atoms with van der Waals surface area (Å²) < 4.78 is 35.0. The molecule has 0 saturated carbocycles. The van der Waals surface area contributed by atoms with E-state index in [9.17, 15) is 18.0 Å². The lowest BCUT2D eigenvalue weighted by Gasteiger charge is -2.21. The van der Waals surface area contributed by atoms with Gasteiger partial charge in [-0.3, -0.25) is 0 Å². The second-order valence-corrected chi connectivity index (χ2v) is 1.77. The van der Waals surface area contributed by atoms with Gasteiger partial charge in [-0.1, -0.05) is 6.58 Å². The van der Waals surface area contributed by atoms with Crippen LogP contribution in [0.2, 0.25) is 0 Å². The molecule has 0 aromatic heterocycles. The average Bonchev–Trinajstić information content (AvgIpc) is 1.83. The third-order valence-electron chi connectivity index (χ3n) is 1.05. The monoisotopic (exact) mass is 170 g/mol. The van der Waals surface area contributed by atoms with Gasteiger partial charge in [-0.15, -0.1) is 0 Å². The van der Waals surface area contributed by atoms with Crippen LogP contribution in [-0.4, -0.2) is 28.0 Å². The molecule has 0 aromatic carbocycles. The molecule has 11 heavy (non-hydrogen) atoms. The van der Waals surface area contributed by atoms with E-state index < -0.39 is 17.7 Å². The Bertz CT molecular complexity index is 186. The van der Waals surface area contributed by atoms with Crippen molar-refractivity contribution in [2.45, 2.75) is 11.8 Å². The number of aliphatic carboxylic acids is 1. The third-order valence-corrected chi connectivity index (χ3v) is 1.05. The topological polar surface area (TPSA) is 57.5 Å². The summed E-state index contributed by atoms with van der Waals surface area (Å²) in [5.41, 5.74) is -3.84. The minimum Gasteiger partial charge on any atom is -0.479 e. The molecule has 0 fully saturated rings. The van der Waals surface area contributed by atoms with Crippen molar-refractivity contribution < 1.29 is 28.2 Å². The zero-order valence-electron chi connectivity index (χ0n) is 5.22. The maximum atomic E-state index is 11.7. The molecule has 0 heterocycles. The Balaban J connectivity index is 4.91. The van der Waals surface area contributed by atoms with E-state index in [2.05, 4.69) is 6.58 Å². The van der Waals surface area contributed by atoms with E-state index in [0.29, 0.717) is 0 Å². The van der Waals surface area contributed by atoms with Gasteiger partial charge < -0.3 is 10.2 Å². The SMILES string of the molecule is C=C[C@](O)(C(=O)O)C(F)(F)F. The largest absolute Gasteiger partial charge is 0.479 e. The Morgan fingerprint density at radius 3 is 1.82 bits per heavy atom. The second-order valence-electron chi connectivity index (χ2n) is 1.77. The number of carboxylic acids is 1. The van der Waals surface area contributed by atoms with E-state index in [0.717, 1.165) is 0 Å². The van der Waals surface area contributed by atoms with Crippen molar-refractivity contribution in [3.8, 4) is 0 Å². The zero-order chi connectivity index (χ0) is 9.28. The van der Waals surface area contributed by atoms with E-state index in [1.807, 2.05) is 0 Å². The van der Waals surface area contributed by atoms with E-state index in [1.54, 1.807) is 0 Å². The van der Waals surface area contributed by atoms with Crippen LogP contribution < -0.4 is 0 Å². The van der Waals surface area contributed by atoms with Gasteiger partial charge in [-0.2, -0.15) is 13.2 Å². The fraction of sp³-hybridized carbons (Fsp3) is 0.400. The zero-order valence-corrected chi connectivity index (χ0v) is 5.22. The van der Waals surface area contributed by atoms with Crippen molar-refractivity contribution in [3.05, 3.63) is 12.7 Å². The van der Waals surface area contributed by atoms with Gasteiger partial charge >= 0.3 is 12.1 Å². The summed E-state index contributed by atoms with van der Waals surface area (Å²) >= 11 is 0. The average molecular weight is 170 g/mol. The van der Waals surface area contributed by atoms with Gasteiger partial charge in [0.25, 0.3) is 5.60 Å². The minimum atomic E-state index is -5.24. The molecular formula is C5H5F3O3. The molecular weight excluding hydrogens is 165 g/mol. The highest BCUT2D eigenvalue weighted by Gasteiger charge is 2.57. The van der Waals surface area contributed by atoms with Crippen LogP contribution in [0.15, 0.2) is 12.7 Å². The van der Waals surface area contributed by atoms with Crippen molar-refractivity contribution in [1.29, 1.82) is 0 Å². The molecule has 64 valence electrons. The molecule has 3 nitrogen and oxygen atoms in total. The number of carboxylic acid groups (broad SMARTS) is 1. The molecule has 0 aliphatic rings. The highest BCUT2D eigenvalue weighted by Crippen LogP contribution is 2.31. The van der Waals surface area contributed by atoms with Crippen molar-refractivity contribution in [2.75, 3.05) is 0 Å². The van der Waals surface area contributed by atoms with Gasteiger partial charge in [0.2, 0.25) is 0 Å². The molecule has 0 bridgehead atoms. The quantitative estimate of drug-likeness (QED) is 0.595. The standard InChI is InChI=1S/C5H5F3O3/c1-2-4(11,3(9)10)5(6,7)8/h2,11H,1H2,(H,9,10)/t4-/m0/s1. The van der Waals surface area contributed by atoms with E-state index in [1.165, 1.54) is 0 Å².